The topological polar surface area (TPSA) is 43.4 Å². The van der Waals surface area contributed by atoms with Crippen molar-refractivity contribution in [3.8, 4) is 5.75 Å². The molecule has 1 heterocycles. The van der Waals surface area contributed by atoms with Crippen LogP contribution in [0.5, 0.6) is 5.75 Å². The zero-order valence-corrected chi connectivity index (χ0v) is 9.06. The summed E-state index contributed by atoms with van der Waals surface area (Å²) in [7, 11) is 0. The standard InChI is InChI=1S/C10H6Cl2O3/c11-7-2-6-9(14)1-5(13)4-15-10(6)3-8(7)12/h2-3H,1,4H2. The van der Waals surface area contributed by atoms with Crippen LogP contribution < -0.4 is 4.74 Å². The number of fused-ring (bicyclic) bond motifs is 1. The summed E-state index contributed by atoms with van der Waals surface area (Å²) >= 11 is 11.6. The van der Waals surface area contributed by atoms with Gasteiger partial charge in [0.1, 0.15) is 12.4 Å². The third kappa shape index (κ3) is 1.98. The molecule has 3 nitrogen and oxygen atoms in total. The van der Waals surface area contributed by atoms with E-state index < -0.39 is 0 Å². The Hall–Kier alpha value is -1.06. The number of Topliss-reactive ketones (excluding diaryl/α,β-unsaturated/α-hetero) is 2. The summed E-state index contributed by atoms with van der Waals surface area (Å²) in [6.45, 7) is -0.100. The summed E-state index contributed by atoms with van der Waals surface area (Å²) in [6.07, 6.45) is -0.148. The lowest BCUT2D eigenvalue weighted by molar-refractivity contribution is -0.119. The second-order valence-electron chi connectivity index (χ2n) is 3.19. The van der Waals surface area contributed by atoms with Crippen LogP contribution in [-0.2, 0) is 4.79 Å². The number of ketones is 2. The molecule has 5 heteroatoms. The summed E-state index contributed by atoms with van der Waals surface area (Å²) < 4.78 is 5.15. The minimum Gasteiger partial charge on any atom is -0.485 e. The quantitative estimate of drug-likeness (QED) is 0.659. The van der Waals surface area contributed by atoms with Gasteiger partial charge in [0, 0.05) is 6.07 Å². The van der Waals surface area contributed by atoms with Gasteiger partial charge in [-0.05, 0) is 6.07 Å². The molecule has 0 unspecified atom stereocenters. The number of halogens is 2. The van der Waals surface area contributed by atoms with Gasteiger partial charge in [0.15, 0.2) is 11.6 Å². The number of carbonyl (C=O) groups is 2. The number of carbonyl (C=O) groups excluding carboxylic acids is 2. The minimum absolute atomic E-state index is 0.100. The maximum atomic E-state index is 11.6. The highest BCUT2D eigenvalue weighted by molar-refractivity contribution is 6.42. The fraction of sp³-hybridized carbons (Fsp3) is 0.200. The molecule has 0 spiro atoms. The molecule has 78 valence electrons. The molecule has 1 aliphatic heterocycles. The molecule has 2 rings (SSSR count). The first-order chi connectivity index (χ1) is 7.08. The number of benzene rings is 1. The van der Waals surface area contributed by atoms with Crippen LogP contribution >= 0.6 is 23.2 Å². The highest BCUT2D eigenvalue weighted by Crippen LogP contribution is 2.32. The molecule has 0 bridgehead atoms. The van der Waals surface area contributed by atoms with Crippen LogP contribution in [0.2, 0.25) is 10.0 Å². The van der Waals surface area contributed by atoms with Gasteiger partial charge >= 0.3 is 0 Å². The van der Waals surface area contributed by atoms with Gasteiger partial charge in [0.25, 0.3) is 0 Å². The average Bonchev–Trinajstić information content (AvgIpc) is 2.30. The third-order valence-electron chi connectivity index (χ3n) is 2.07. The fourth-order valence-electron chi connectivity index (χ4n) is 1.35. The SMILES string of the molecule is O=C1COc2cc(Cl)c(Cl)cc2C(=O)C1. The van der Waals surface area contributed by atoms with Crippen LogP contribution in [0.4, 0.5) is 0 Å². The van der Waals surface area contributed by atoms with Crippen molar-refractivity contribution in [1.82, 2.24) is 0 Å². The average molecular weight is 245 g/mol. The Morgan fingerprint density at radius 3 is 2.53 bits per heavy atom. The lowest BCUT2D eigenvalue weighted by Crippen LogP contribution is -2.10. The lowest BCUT2D eigenvalue weighted by atomic mass is 10.1. The number of rotatable bonds is 0. The van der Waals surface area contributed by atoms with E-state index in [2.05, 4.69) is 0 Å². The summed E-state index contributed by atoms with van der Waals surface area (Å²) in [5.41, 5.74) is 0.315. The number of hydrogen-bond donors (Lipinski definition) is 0. The van der Waals surface area contributed by atoms with Crippen molar-refractivity contribution in [1.29, 1.82) is 0 Å². The Kier molecular flexibility index (Phi) is 2.67. The van der Waals surface area contributed by atoms with E-state index in [1.54, 1.807) is 0 Å². The van der Waals surface area contributed by atoms with Gasteiger partial charge < -0.3 is 4.74 Å². The fourth-order valence-corrected chi connectivity index (χ4v) is 1.67. The van der Waals surface area contributed by atoms with Crippen molar-refractivity contribution < 1.29 is 14.3 Å². The summed E-state index contributed by atoms with van der Waals surface area (Å²) in [5, 5.41) is 0.583. The minimum atomic E-state index is -0.286. The molecular weight excluding hydrogens is 239 g/mol. The highest BCUT2D eigenvalue weighted by atomic mass is 35.5. The molecule has 0 fully saturated rings. The molecule has 1 aliphatic rings. The largest absolute Gasteiger partial charge is 0.485 e. The molecule has 1 aromatic rings. The van der Waals surface area contributed by atoms with E-state index in [0.717, 1.165) is 0 Å². The van der Waals surface area contributed by atoms with Crippen LogP contribution in [0.1, 0.15) is 16.8 Å². The predicted octanol–water partition coefficient (Wildman–Crippen LogP) is 2.53. The van der Waals surface area contributed by atoms with Gasteiger partial charge in [-0.2, -0.15) is 0 Å². The van der Waals surface area contributed by atoms with Crippen LogP contribution in [0.25, 0.3) is 0 Å². The van der Waals surface area contributed by atoms with Gasteiger partial charge in [0.2, 0.25) is 0 Å². The maximum Gasteiger partial charge on any atom is 0.177 e. The molecule has 15 heavy (non-hydrogen) atoms. The van der Waals surface area contributed by atoms with Crippen LogP contribution in [-0.4, -0.2) is 18.2 Å². The third-order valence-corrected chi connectivity index (χ3v) is 2.79. The van der Waals surface area contributed by atoms with Crippen LogP contribution in [0.15, 0.2) is 12.1 Å². The van der Waals surface area contributed by atoms with Crippen molar-refractivity contribution in [2.75, 3.05) is 6.61 Å². The first-order valence-corrected chi connectivity index (χ1v) is 5.00. The summed E-state index contributed by atoms with van der Waals surface area (Å²) in [4.78, 5) is 22.7. The Morgan fingerprint density at radius 1 is 1.13 bits per heavy atom. The first kappa shape index (κ1) is 10.5. The number of hydrogen-bond acceptors (Lipinski definition) is 3. The van der Waals surface area contributed by atoms with Gasteiger partial charge in [-0.15, -0.1) is 0 Å². The second kappa shape index (κ2) is 3.83. The van der Waals surface area contributed by atoms with Gasteiger partial charge in [-0.3, -0.25) is 9.59 Å². The van der Waals surface area contributed by atoms with Crippen molar-refractivity contribution in [2.24, 2.45) is 0 Å². The maximum absolute atomic E-state index is 11.6. The van der Waals surface area contributed by atoms with E-state index in [-0.39, 0.29) is 29.6 Å². The first-order valence-electron chi connectivity index (χ1n) is 4.24. The Labute approximate surface area is 95.9 Å². The molecule has 0 radical (unpaired) electrons. The summed E-state index contributed by atoms with van der Waals surface area (Å²) in [5.74, 6) is -0.213. The molecular formula is C10H6Cl2O3. The normalized spacial score (nSPS) is 15.6. The Morgan fingerprint density at radius 2 is 1.80 bits per heavy atom. The van der Waals surface area contributed by atoms with E-state index in [4.69, 9.17) is 27.9 Å². The van der Waals surface area contributed by atoms with Crippen LogP contribution in [0, 0.1) is 0 Å². The molecule has 0 saturated carbocycles. The molecule has 0 amide bonds. The van der Waals surface area contributed by atoms with Gasteiger partial charge in [0.05, 0.1) is 22.0 Å². The van der Waals surface area contributed by atoms with E-state index in [1.165, 1.54) is 12.1 Å². The van der Waals surface area contributed by atoms with Crippen molar-refractivity contribution in [3.05, 3.63) is 27.7 Å². The molecule has 1 aromatic carbocycles. The highest BCUT2D eigenvalue weighted by Gasteiger charge is 2.22. The zero-order chi connectivity index (χ0) is 11.0. The molecule has 0 atom stereocenters. The Balaban J connectivity index is 2.54. The van der Waals surface area contributed by atoms with Crippen molar-refractivity contribution >= 4 is 34.8 Å². The Bertz CT molecular complexity index is 454. The molecule has 0 N–H and O–H groups in total. The van der Waals surface area contributed by atoms with E-state index in [9.17, 15) is 9.59 Å². The van der Waals surface area contributed by atoms with Crippen molar-refractivity contribution in [2.45, 2.75) is 6.42 Å². The monoisotopic (exact) mass is 244 g/mol. The lowest BCUT2D eigenvalue weighted by Gasteiger charge is -2.06. The smallest absolute Gasteiger partial charge is 0.177 e. The van der Waals surface area contributed by atoms with E-state index in [1.807, 2.05) is 0 Å². The molecule has 0 saturated heterocycles. The zero-order valence-electron chi connectivity index (χ0n) is 7.55. The number of ether oxygens (including phenoxy) is 1. The second-order valence-corrected chi connectivity index (χ2v) is 4.00. The van der Waals surface area contributed by atoms with Crippen molar-refractivity contribution in [3.63, 3.8) is 0 Å². The van der Waals surface area contributed by atoms with Gasteiger partial charge in [-0.25, -0.2) is 0 Å². The van der Waals surface area contributed by atoms with Gasteiger partial charge in [-0.1, -0.05) is 23.2 Å². The summed E-state index contributed by atoms with van der Waals surface area (Å²) in [6, 6.07) is 2.88. The predicted molar refractivity (Wildman–Crippen MR) is 55.9 cm³/mol. The van der Waals surface area contributed by atoms with E-state index >= 15 is 0 Å². The molecule has 0 aliphatic carbocycles. The van der Waals surface area contributed by atoms with Crippen LogP contribution in [0.3, 0.4) is 0 Å². The molecule has 0 aromatic heterocycles. The van der Waals surface area contributed by atoms with E-state index in [0.29, 0.717) is 16.3 Å².